The van der Waals surface area contributed by atoms with Crippen molar-refractivity contribution >= 4 is 43.2 Å². The van der Waals surface area contributed by atoms with Gasteiger partial charge in [-0.15, -0.1) is 0 Å². The van der Waals surface area contributed by atoms with Crippen LogP contribution in [0.3, 0.4) is 0 Å². The number of sulfonamides is 1. The zero-order valence-electron chi connectivity index (χ0n) is 17.8. The summed E-state index contributed by atoms with van der Waals surface area (Å²) in [6.07, 6.45) is 5.17. The Balaban J connectivity index is 1.53. The molecule has 9 nitrogen and oxygen atoms in total. The highest BCUT2D eigenvalue weighted by molar-refractivity contribution is 7.92. The molecule has 0 amide bonds. The van der Waals surface area contributed by atoms with E-state index in [2.05, 4.69) is 24.6 Å². The van der Waals surface area contributed by atoms with E-state index in [9.17, 15) is 17.2 Å². The smallest absolute Gasteiger partial charge is 0.264 e. The van der Waals surface area contributed by atoms with Crippen LogP contribution >= 0.6 is 11.3 Å². The zero-order valence-corrected chi connectivity index (χ0v) is 19.5. The lowest BCUT2D eigenvalue weighted by Gasteiger charge is -2.15. The summed E-state index contributed by atoms with van der Waals surface area (Å²) in [6.45, 7) is 1.80. The van der Waals surface area contributed by atoms with Gasteiger partial charge in [-0.25, -0.2) is 37.1 Å². The summed E-state index contributed by atoms with van der Waals surface area (Å²) in [7, 11) is -3.07. The fourth-order valence-electron chi connectivity index (χ4n) is 3.72. The molecule has 0 aliphatic carbocycles. The highest BCUT2D eigenvalue weighted by Gasteiger charge is 2.24. The number of nitrogens with zero attached hydrogens (tertiary/aromatic N) is 5. The van der Waals surface area contributed by atoms with Crippen LogP contribution in [0.15, 0.2) is 41.7 Å². The van der Waals surface area contributed by atoms with Crippen LogP contribution < -0.4 is 14.4 Å². The molecule has 0 atom stereocenters. The van der Waals surface area contributed by atoms with Crippen molar-refractivity contribution in [3.8, 4) is 16.5 Å². The number of ether oxygens (including phenoxy) is 1. The van der Waals surface area contributed by atoms with Crippen LogP contribution in [0.25, 0.3) is 20.9 Å². The maximum atomic E-state index is 14.1. The third-order valence-corrected chi connectivity index (χ3v) is 7.71. The Hall–Kier alpha value is -3.45. The van der Waals surface area contributed by atoms with Crippen LogP contribution in [0.5, 0.6) is 5.88 Å². The first-order valence-electron chi connectivity index (χ1n) is 10.2. The molecule has 0 bridgehead atoms. The normalized spacial score (nSPS) is 14.0. The number of hydrogen-bond acceptors (Lipinski definition) is 9. The standard InChI is InChI=1S/C21H18F2N6O3S2/c1-32-19-15(28-34(30,31)16-5-4-13(22)9-14(16)23)8-12(10-24-19)20-27-17-18(29-6-2-3-7-29)25-11-26-21(17)33-20/h4-5,8-11,28H,2-3,6-7H2,1H3. The molecular formula is C21H18F2N6O3S2. The molecule has 1 aromatic carbocycles. The fraction of sp³-hybridized carbons (Fsp3) is 0.238. The van der Waals surface area contributed by atoms with Crippen molar-refractivity contribution in [2.24, 2.45) is 0 Å². The number of pyridine rings is 1. The lowest BCUT2D eigenvalue weighted by atomic mass is 10.2. The molecule has 0 unspecified atom stereocenters. The van der Waals surface area contributed by atoms with Crippen molar-refractivity contribution in [3.05, 3.63) is 48.4 Å². The van der Waals surface area contributed by atoms with Gasteiger partial charge in [0.15, 0.2) is 5.82 Å². The number of aromatic nitrogens is 4. The Morgan fingerprint density at radius 1 is 1.12 bits per heavy atom. The van der Waals surface area contributed by atoms with Crippen LogP contribution in [0.1, 0.15) is 12.8 Å². The van der Waals surface area contributed by atoms with E-state index in [1.54, 1.807) is 0 Å². The first-order chi connectivity index (χ1) is 16.4. The number of rotatable bonds is 6. The average Bonchev–Trinajstić information content (AvgIpc) is 3.48. The highest BCUT2D eigenvalue weighted by Crippen LogP contribution is 2.36. The number of nitrogens with one attached hydrogen (secondary N) is 1. The van der Waals surface area contributed by atoms with Crippen molar-refractivity contribution in [2.45, 2.75) is 17.7 Å². The molecule has 4 aromatic rings. The number of benzene rings is 1. The summed E-state index contributed by atoms with van der Waals surface area (Å²) in [5, 5.41) is 0.555. The first kappa shape index (κ1) is 22.3. The van der Waals surface area contributed by atoms with Gasteiger partial charge >= 0.3 is 0 Å². The lowest BCUT2D eigenvalue weighted by molar-refractivity contribution is 0.400. The van der Waals surface area contributed by atoms with Gasteiger partial charge in [-0.05, 0) is 31.0 Å². The van der Waals surface area contributed by atoms with E-state index in [0.29, 0.717) is 27.0 Å². The number of hydrogen-bond donors (Lipinski definition) is 1. The quantitative estimate of drug-likeness (QED) is 0.422. The van der Waals surface area contributed by atoms with Gasteiger partial charge < -0.3 is 9.64 Å². The summed E-state index contributed by atoms with van der Waals surface area (Å²) in [4.78, 5) is 19.8. The maximum absolute atomic E-state index is 14.1. The second-order valence-corrected chi connectivity index (χ2v) is 10.2. The Kier molecular flexibility index (Phi) is 5.73. The molecule has 4 heterocycles. The van der Waals surface area contributed by atoms with Gasteiger partial charge in [0, 0.05) is 30.9 Å². The summed E-state index contributed by atoms with van der Waals surface area (Å²) >= 11 is 1.32. The topological polar surface area (TPSA) is 110 Å². The van der Waals surface area contributed by atoms with E-state index in [4.69, 9.17) is 9.72 Å². The zero-order chi connectivity index (χ0) is 23.9. The average molecular weight is 505 g/mol. The second-order valence-electron chi connectivity index (χ2n) is 7.53. The maximum Gasteiger partial charge on any atom is 0.264 e. The number of anilines is 2. The monoisotopic (exact) mass is 504 g/mol. The molecule has 0 radical (unpaired) electrons. The van der Waals surface area contributed by atoms with Gasteiger partial charge in [0.2, 0.25) is 5.88 Å². The summed E-state index contributed by atoms with van der Waals surface area (Å²) in [5.41, 5.74) is 1.15. The molecule has 1 saturated heterocycles. The number of methoxy groups -OCH3 is 1. The third-order valence-electron chi connectivity index (χ3n) is 5.30. The predicted molar refractivity (Wildman–Crippen MR) is 124 cm³/mol. The third kappa shape index (κ3) is 4.12. The van der Waals surface area contributed by atoms with Crippen molar-refractivity contribution in [1.29, 1.82) is 0 Å². The molecule has 1 fully saturated rings. The van der Waals surface area contributed by atoms with E-state index in [1.807, 2.05) is 0 Å². The minimum absolute atomic E-state index is 0.0196. The fourth-order valence-corrected chi connectivity index (χ4v) is 5.72. The summed E-state index contributed by atoms with van der Waals surface area (Å²) in [5.74, 6) is -1.35. The highest BCUT2D eigenvalue weighted by atomic mass is 32.2. The minimum Gasteiger partial charge on any atom is -0.480 e. The molecule has 1 N–H and O–H groups in total. The van der Waals surface area contributed by atoms with Crippen LogP contribution in [0.4, 0.5) is 20.3 Å². The predicted octanol–water partition coefficient (Wildman–Crippen LogP) is 3.84. The van der Waals surface area contributed by atoms with Crippen LogP contribution in [-0.4, -0.2) is 48.6 Å². The van der Waals surface area contributed by atoms with Gasteiger partial charge in [0.1, 0.15) is 43.9 Å². The molecule has 13 heteroatoms. The second kappa shape index (κ2) is 8.72. The summed E-state index contributed by atoms with van der Waals surface area (Å²) in [6, 6.07) is 3.71. The van der Waals surface area contributed by atoms with Crippen LogP contribution in [0, 0.1) is 11.6 Å². The number of thiazole rings is 1. The van der Waals surface area contributed by atoms with Gasteiger partial charge in [-0.3, -0.25) is 4.72 Å². The van der Waals surface area contributed by atoms with Crippen molar-refractivity contribution in [2.75, 3.05) is 29.8 Å². The SMILES string of the molecule is COc1ncc(-c2nc3c(N4CCCC4)ncnc3s2)cc1NS(=O)(=O)c1ccc(F)cc1F. The lowest BCUT2D eigenvalue weighted by Crippen LogP contribution is -2.19. The van der Waals surface area contributed by atoms with E-state index in [0.717, 1.165) is 43.9 Å². The Morgan fingerprint density at radius 3 is 2.65 bits per heavy atom. The molecule has 1 aliphatic heterocycles. The van der Waals surface area contributed by atoms with Gasteiger partial charge in [0.25, 0.3) is 10.0 Å². The largest absolute Gasteiger partial charge is 0.480 e. The molecule has 34 heavy (non-hydrogen) atoms. The Labute approximate surface area is 197 Å². The van der Waals surface area contributed by atoms with E-state index >= 15 is 0 Å². The number of halogens is 2. The Bertz CT molecular complexity index is 1490. The molecule has 0 spiro atoms. The molecular weight excluding hydrogens is 486 g/mol. The molecule has 176 valence electrons. The van der Waals surface area contributed by atoms with Gasteiger partial charge in [0.05, 0.1) is 7.11 Å². The molecule has 0 saturated carbocycles. The first-order valence-corrected chi connectivity index (χ1v) is 12.5. The van der Waals surface area contributed by atoms with E-state index in [1.165, 1.54) is 37.0 Å². The summed E-state index contributed by atoms with van der Waals surface area (Å²) < 4.78 is 60.4. The Morgan fingerprint density at radius 2 is 1.91 bits per heavy atom. The molecule has 5 rings (SSSR count). The molecule has 3 aromatic heterocycles. The van der Waals surface area contributed by atoms with Crippen LogP contribution in [0.2, 0.25) is 0 Å². The molecule has 1 aliphatic rings. The van der Waals surface area contributed by atoms with Gasteiger partial charge in [-0.1, -0.05) is 11.3 Å². The van der Waals surface area contributed by atoms with E-state index < -0.39 is 26.6 Å². The van der Waals surface area contributed by atoms with Crippen molar-refractivity contribution in [3.63, 3.8) is 0 Å². The minimum atomic E-state index is -4.39. The van der Waals surface area contributed by atoms with Crippen molar-refractivity contribution in [1.82, 2.24) is 19.9 Å². The van der Waals surface area contributed by atoms with Gasteiger partial charge in [-0.2, -0.15) is 0 Å². The number of fused-ring (bicyclic) bond motifs is 1. The van der Waals surface area contributed by atoms with Crippen molar-refractivity contribution < 1.29 is 21.9 Å². The van der Waals surface area contributed by atoms with E-state index in [-0.39, 0.29) is 11.6 Å². The van der Waals surface area contributed by atoms with Crippen LogP contribution in [-0.2, 0) is 10.0 Å².